The Labute approximate surface area is 131 Å². The molecule has 1 amide bonds. The average molecular weight is 301 g/mol. The number of amides is 1. The van der Waals surface area contributed by atoms with E-state index in [1.807, 2.05) is 37.4 Å². The fraction of sp³-hybridized carbons (Fsp3) is 0.412. The average Bonchev–Trinajstić information content (AvgIpc) is 3.05. The molecule has 1 aromatic heterocycles. The topological polar surface area (TPSA) is 67.0 Å². The number of hydrogen-bond donors (Lipinski definition) is 2. The lowest BCUT2D eigenvalue weighted by atomic mass is 10.2. The molecule has 0 aliphatic rings. The second-order valence-corrected chi connectivity index (χ2v) is 5.36. The Kier molecular flexibility index (Phi) is 6.01. The third-order valence-corrected chi connectivity index (χ3v) is 3.52. The molecule has 0 spiro atoms. The normalized spacial score (nSPS) is 11.9. The highest BCUT2D eigenvalue weighted by molar-refractivity contribution is 5.76. The van der Waals surface area contributed by atoms with Gasteiger partial charge in [0.2, 0.25) is 5.91 Å². The summed E-state index contributed by atoms with van der Waals surface area (Å²) >= 11 is 0. The van der Waals surface area contributed by atoms with Crippen LogP contribution in [0, 0.1) is 0 Å². The van der Waals surface area contributed by atoms with Gasteiger partial charge in [0.25, 0.3) is 0 Å². The van der Waals surface area contributed by atoms with Crippen molar-refractivity contribution in [3.05, 3.63) is 47.8 Å². The first-order chi connectivity index (χ1) is 10.7. The molecule has 1 atom stereocenters. The second kappa shape index (κ2) is 8.22. The van der Waals surface area contributed by atoms with E-state index in [0.717, 1.165) is 23.3 Å². The number of benzene rings is 1. The smallest absolute Gasteiger partial charge is 0.220 e. The van der Waals surface area contributed by atoms with Crippen LogP contribution in [-0.2, 0) is 17.8 Å². The van der Waals surface area contributed by atoms with E-state index in [4.69, 9.17) is 4.74 Å². The van der Waals surface area contributed by atoms with E-state index >= 15 is 0 Å². The molecule has 0 saturated heterocycles. The molecule has 0 bridgehead atoms. The predicted octanol–water partition coefficient (Wildman–Crippen LogP) is 2.84. The van der Waals surface area contributed by atoms with Gasteiger partial charge in [0.05, 0.1) is 12.3 Å². The van der Waals surface area contributed by atoms with Gasteiger partial charge in [-0.05, 0) is 43.0 Å². The van der Waals surface area contributed by atoms with E-state index in [0.29, 0.717) is 19.4 Å². The van der Waals surface area contributed by atoms with Gasteiger partial charge in [-0.3, -0.25) is 9.89 Å². The first-order valence-electron chi connectivity index (χ1n) is 7.67. The maximum Gasteiger partial charge on any atom is 0.220 e. The van der Waals surface area contributed by atoms with Crippen molar-refractivity contribution in [2.75, 3.05) is 0 Å². The van der Waals surface area contributed by atoms with Crippen LogP contribution in [0.3, 0.4) is 0 Å². The highest BCUT2D eigenvalue weighted by Crippen LogP contribution is 2.14. The van der Waals surface area contributed by atoms with E-state index in [1.54, 1.807) is 6.20 Å². The molecular weight excluding hydrogens is 278 g/mol. The first kappa shape index (κ1) is 16.1. The molecule has 0 radical (unpaired) electrons. The lowest BCUT2D eigenvalue weighted by Crippen LogP contribution is -2.22. The molecule has 2 rings (SSSR count). The van der Waals surface area contributed by atoms with E-state index in [9.17, 15) is 4.79 Å². The Balaban J connectivity index is 1.73. The van der Waals surface area contributed by atoms with Crippen molar-refractivity contribution < 1.29 is 9.53 Å². The molecule has 5 nitrogen and oxygen atoms in total. The predicted molar refractivity (Wildman–Crippen MR) is 85.6 cm³/mol. The molecule has 1 unspecified atom stereocenters. The van der Waals surface area contributed by atoms with Gasteiger partial charge < -0.3 is 10.1 Å². The van der Waals surface area contributed by atoms with Crippen molar-refractivity contribution in [2.24, 2.45) is 0 Å². The largest absolute Gasteiger partial charge is 0.491 e. The van der Waals surface area contributed by atoms with Crippen LogP contribution in [-0.4, -0.2) is 22.2 Å². The molecule has 22 heavy (non-hydrogen) atoms. The number of carbonyl (C=O) groups is 1. The standard InChI is InChI=1S/C17H23N3O2/c1-3-13(2)22-16-7-4-14(5-8-16)10-18-17(21)9-6-15-11-19-20-12-15/h4-5,7-8,11-13H,3,6,9-10H2,1-2H3,(H,18,21)(H,19,20). The van der Waals surface area contributed by atoms with Crippen LogP contribution >= 0.6 is 0 Å². The summed E-state index contributed by atoms with van der Waals surface area (Å²) in [6.07, 6.45) is 5.91. The molecule has 2 aromatic rings. The molecule has 1 heterocycles. The van der Waals surface area contributed by atoms with Crippen LogP contribution in [0.25, 0.3) is 0 Å². The van der Waals surface area contributed by atoms with Gasteiger partial charge in [0.15, 0.2) is 0 Å². The van der Waals surface area contributed by atoms with Crippen molar-refractivity contribution in [2.45, 2.75) is 45.8 Å². The van der Waals surface area contributed by atoms with Gasteiger partial charge in [0.1, 0.15) is 5.75 Å². The number of nitrogens with one attached hydrogen (secondary N) is 2. The maximum atomic E-state index is 11.8. The van der Waals surface area contributed by atoms with Gasteiger partial charge in [-0.25, -0.2) is 0 Å². The van der Waals surface area contributed by atoms with Gasteiger partial charge >= 0.3 is 0 Å². The number of ether oxygens (including phenoxy) is 1. The number of rotatable bonds is 8. The molecule has 0 saturated carbocycles. The minimum Gasteiger partial charge on any atom is -0.491 e. The van der Waals surface area contributed by atoms with E-state index in [2.05, 4.69) is 22.4 Å². The molecule has 0 fully saturated rings. The molecule has 0 aliphatic carbocycles. The summed E-state index contributed by atoms with van der Waals surface area (Å²) in [5.74, 6) is 0.908. The van der Waals surface area contributed by atoms with E-state index in [-0.39, 0.29) is 12.0 Å². The number of carbonyl (C=O) groups excluding carboxylic acids is 1. The molecule has 118 valence electrons. The third kappa shape index (κ3) is 5.24. The summed E-state index contributed by atoms with van der Waals surface area (Å²) in [6.45, 7) is 4.68. The van der Waals surface area contributed by atoms with Gasteiger partial charge in [-0.2, -0.15) is 5.10 Å². The number of aryl methyl sites for hydroxylation is 1. The van der Waals surface area contributed by atoms with Crippen molar-refractivity contribution in [1.82, 2.24) is 15.5 Å². The molecule has 5 heteroatoms. The fourth-order valence-corrected chi connectivity index (χ4v) is 1.96. The summed E-state index contributed by atoms with van der Waals surface area (Å²) < 4.78 is 5.73. The number of aromatic nitrogens is 2. The zero-order valence-corrected chi connectivity index (χ0v) is 13.1. The first-order valence-corrected chi connectivity index (χ1v) is 7.67. The Morgan fingerprint density at radius 3 is 2.73 bits per heavy atom. The Morgan fingerprint density at radius 2 is 2.09 bits per heavy atom. The van der Waals surface area contributed by atoms with Gasteiger partial charge in [0, 0.05) is 19.2 Å². The van der Waals surface area contributed by atoms with E-state index < -0.39 is 0 Å². The van der Waals surface area contributed by atoms with Gasteiger partial charge in [-0.1, -0.05) is 19.1 Å². The lowest BCUT2D eigenvalue weighted by molar-refractivity contribution is -0.121. The quantitative estimate of drug-likeness (QED) is 0.788. The maximum absolute atomic E-state index is 11.8. The Morgan fingerprint density at radius 1 is 1.32 bits per heavy atom. The molecule has 0 aliphatic heterocycles. The fourth-order valence-electron chi connectivity index (χ4n) is 1.96. The van der Waals surface area contributed by atoms with Crippen LogP contribution in [0.1, 0.15) is 37.8 Å². The third-order valence-electron chi connectivity index (χ3n) is 3.52. The second-order valence-electron chi connectivity index (χ2n) is 5.36. The van der Waals surface area contributed by atoms with Crippen molar-refractivity contribution in [3.63, 3.8) is 0 Å². The van der Waals surface area contributed by atoms with Crippen molar-refractivity contribution in [1.29, 1.82) is 0 Å². The Bertz CT molecular complexity index is 564. The monoisotopic (exact) mass is 301 g/mol. The van der Waals surface area contributed by atoms with Gasteiger partial charge in [-0.15, -0.1) is 0 Å². The number of hydrogen-bond acceptors (Lipinski definition) is 3. The Hall–Kier alpha value is -2.30. The van der Waals surface area contributed by atoms with Crippen molar-refractivity contribution in [3.8, 4) is 5.75 Å². The summed E-state index contributed by atoms with van der Waals surface area (Å²) in [7, 11) is 0. The van der Waals surface area contributed by atoms with Crippen LogP contribution in [0.2, 0.25) is 0 Å². The molecular formula is C17H23N3O2. The molecule has 1 aromatic carbocycles. The summed E-state index contributed by atoms with van der Waals surface area (Å²) in [4.78, 5) is 11.8. The SMILES string of the molecule is CCC(C)Oc1ccc(CNC(=O)CCc2cn[nH]c2)cc1. The number of H-pyrrole nitrogens is 1. The zero-order valence-electron chi connectivity index (χ0n) is 13.1. The summed E-state index contributed by atoms with van der Waals surface area (Å²) in [5.41, 5.74) is 2.11. The van der Waals surface area contributed by atoms with E-state index in [1.165, 1.54) is 0 Å². The minimum absolute atomic E-state index is 0.0427. The zero-order chi connectivity index (χ0) is 15.8. The lowest BCUT2D eigenvalue weighted by Gasteiger charge is -2.13. The van der Waals surface area contributed by atoms with Crippen LogP contribution in [0.5, 0.6) is 5.75 Å². The minimum atomic E-state index is 0.0427. The van der Waals surface area contributed by atoms with Crippen molar-refractivity contribution >= 4 is 5.91 Å². The summed E-state index contributed by atoms with van der Waals surface area (Å²) in [6, 6.07) is 7.85. The number of nitrogens with zero attached hydrogens (tertiary/aromatic N) is 1. The highest BCUT2D eigenvalue weighted by Gasteiger charge is 2.04. The molecule has 2 N–H and O–H groups in total. The summed E-state index contributed by atoms with van der Waals surface area (Å²) in [5, 5.41) is 9.52. The highest BCUT2D eigenvalue weighted by atomic mass is 16.5. The van der Waals surface area contributed by atoms with Crippen LogP contribution in [0.4, 0.5) is 0 Å². The van der Waals surface area contributed by atoms with Crippen LogP contribution < -0.4 is 10.1 Å². The van der Waals surface area contributed by atoms with Crippen LogP contribution in [0.15, 0.2) is 36.7 Å². The number of aromatic amines is 1.